The molecule has 0 bridgehead atoms. The van der Waals surface area contributed by atoms with E-state index in [1.807, 2.05) is 0 Å². The van der Waals surface area contributed by atoms with Gasteiger partial charge in [0.05, 0.1) is 18.4 Å². The van der Waals surface area contributed by atoms with Crippen LogP contribution in [0.25, 0.3) is 0 Å². The van der Waals surface area contributed by atoms with Crippen molar-refractivity contribution in [1.82, 2.24) is 9.55 Å². The minimum absolute atomic E-state index is 0.00998. The molecule has 10 heteroatoms. The number of H-pyrrole nitrogens is 1. The first-order valence-electron chi connectivity index (χ1n) is 5.87. The smallest absolute Gasteiger partial charge is 0.330 e. The molecule has 1 fully saturated rings. The fraction of sp³-hybridized carbons (Fsp3) is 0.600. The highest BCUT2D eigenvalue weighted by molar-refractivity contribution is 7.51. The van der Waals surface area contributed by atoms with E-state index in [4.69, 9.17) is 14.5 Å². The lowest BCUT2D eigenvalue weighted by Crippen LogP contribution is -2.33. The molecule has 2 heterocycles. The first-order valence-corrected chi connectivity index (χ1v) is 7.67. The molecule has 3 atom stereocenters. The predicted octanol–water partition coefficient (Wildman–Crippen LogP) is -1.33. The molecule has 1 aliphatic rings. The van der Waals surface area contributed by atoms with E-state index in [1.54, 1.807) is 0 Å². The fourth-order valence-electron chi connectivity index (χ4n) is 2.08. The lowest BCUT2D eigenvalue weighted by atomic mass is 10.2. The molecule has 1 aliphatic heterocycles. The summed E-state index contributed by atoms with van der Waals surface area (Å²) in [6.45, 7) is 1.51. The normalized spacial score (nSPS) is 26.9. The first kappa shape index (κ1) is 15.1. The fourth-order valence-corrected chi connectivity index (χ4v) is 2.88. The van der Waals surface area contributed by atoms with Crippen LogP contribution in [0.4, 0.5) is 0 Å². The van der Waals surface area contributed by atoms with Crippen molar-refractivity contribution in [3.63, 3.8) is 0 Å². The van der Waals surface area contributed by atoms with Crippen molar-refractivity contribution in [1.29, 1.82) is 0 Å². The first-order chi connectivity index (χ1) is 9.17. The van der Waals surface area contributed by atoms with Crippen LogP contribution in [0.5, 0.6) is 0 Å². The van der Waals surface area contributed by atoms with Crippen LogP contribution in [0.1, 0.15) is 18.2 Å². The molecule has 4 N–H and O–H groups in total. The van der Waals surface area contributed by atoms with Crippen molar-refractivity contribution < 1.29 is 24.2 Å². The van der Waals surface area contributed by atoms with Gasteiger partial charge in [-0.25, -0.2) is 4.79 Å². The Morgan fingerprint density at radius 3 is 2.75 bits per heavy atom. The van der Waals surface area contributed by atoms with Gasteiger partial charge >= 0.3 is 13.3 Å². The summed E-state index contributed by atoms with van der Waals surface area (Å²) in [6, 6.07) is 0. The van der Waals surface area contributed by atoms with Crippen molar-refractivity contribution in [2.75, 3.05) is 6.16 Å². The van der Waals surface area contributed by atoms with Crippen LogP contribution in [0.3, 0.4) is 0 Å². The number of nitrogens with zero attached hydrogens (tertiary/aromatic N) is 1. The molecule has 0 aliphatic carbocycles. The number of aryl methyl sites for hydroxylation is 1. The van der Waals surface area contributed by atoms with E-state index in [9.17, 15) is 19.3 Å². The molecule has 0 spiro atoms. The zero-order valence-corrected chi connectivity index (χ0v) is 11.5. The molecule has 1 aromatic rings. The molecule has 1 saturated heterocycles. The molecule has 0 radical (unpaired) electrons. The summed E-state index contributed by atoms with van der Waals surface area (Å²) in [5, 5.41) is 9.74. The Balaban J connectivity index is 2.25. The van der Waals surface area contributed by atoms with Gasteiger partial charge in [0.2, 0.25) is 0 Å². The standard InChI is InChI=1S/C10H15N2O7P/c1-5-3-12(10(15)11-9(5)14)8-2-6(13)7(19-8)4-20(16,17)18/h3,6-8,13H,2,4H2,1H3,(H,11,14,15)(H2,16,17,18)/t6-,7+,8+/m0/s1. The summed E-state index contributed by atoms with van der Waals surface area (Å²) in [5.41, 5.74) is -0.924. The Kier molecular flexibility index (Phi) is 3.99. The zero-order chi connectivity index (χ0) is 15.1. The summed E-state index contributed by atoms with van der Waals surface area (Å²) in [4.78, 5) is 42.8. The predicted molar refractivity (Wildman–Crippen MR) is 67.5 cm³/mol. The number of aromatic amines is 1. The van der Waals surface area contributed by atoms with Gasteiger partial charge in [-0.2, -0.15) is 0 Å². The Morgan fingerprint density at radius 1 is 1.50 bits per heavy atom. The number of hydrogen-bond donors (Lipinski definition) is 4. The number of hydrogen-bond acceptors (Lipinski definition) is 5. The van der Waals surface area contributed by atoms with E-state index in [2.05, 4.69) is 4.98 Å². The maximum absolute atomic E-state index is 11.7. The minimum atomic E-state index is -4.33. The van der Waals surface area contributed by atoms with Gasteiger partial charge in [0.15, 0.2) is 0 Å². The van der Waals surface area contributed by atoms with Crippen molar-refractivity contribution >= 4 is 7.60 Å². The van der Waals surface area contributed by atoms with E-state index >= 15 is 0 Å². The molecule has 0 unspecified atom stereocenters. The van der Waals surface area contributed by atoms with E-state index < -0.39 is 43.4 Å². The van der Waals surface area contributed by atoms with Gasteiger partial charge in [0, 0.05) is 18.2 Å². The molecule has 0 amide bonds. The van der Waals surface area contributed by atoms with Gasteiger partial charge in [0.25, 0.3) is 5.56 Å². The van der Waals surface area contributed by atoms with Gasteiger partial charge in [-0.05, 0) is 6.92 Å². The summed E-state index contributed by atoms with van der Waals surface area (Å²) in [6.07, 6.45) is -2.34. The summed E-state index contributed by atoms with van der Waals surface area (Å²) in [5.74, 6) is 0. The van der Waals surface area contributed by atoms with E-state index in [0.29, 0.717) is 5.56 Å². The molecule has 9 nitrogen and oxygen atoms in total. The lowest BCUT2D eigenvalue weighted by molar-refractivity contribution is -0.0104. The molecule has 0 saturated carbocycles. The highest BCUT2D eigenvalue weighted by Gasteiger charge is 2.39. The summed E-state index contributed by atoms with van der Waals surface area (Å²) in [7, 11) is -4.33. The second-order valence-electron chi connectivity index (χ2n) is 4.76. The van der Waals surface area contributed by atoms with Crippen LogP contribution in [0.2, 0.25) is 0 Å². The van der Waals surface area contributed by atoms with Crippen molar-refractivity contribution in [2.24, 2.45) is 0 Å². The molecule has 1 aromatic heterocycles. The van der Waals surface area contributed by atoms with Crippen LogP contribution in [-0.4, -0.2) is 42.8 Å². The van der Waals surface area contributed by atoms with Gasteiger partial charge in [-0.1, -0.05) is 0 Å². The monoisotopic (exact) mass is 306 g/mol. The topological polar surface area (TPSA) is 142 Å². The summed E-state index contributed by atoms with van der Waals surface area (Å²) < 4.78 is 17.3. The van der Waals surface area contributed by atoms with Crippen molar-refractivity contribution in [2.45, 2.75) is 31.8 Å². The summed E-state index contributed by atoms with van der Waals surface area (Å²) >= 11 is 0. The van der Waals surface area contributed by atoms with Gasteiger partial charge in [0.1, 0.15) is 6.23 Å². The van der Waals surface area contributed by atoms with E-state index in [-0.39, 0.29) is 6.42 Å². The highest BCUT2D eigenvalue weighted by atomic mass is 31.2. The van der Waals surface area contributed by atoms with Crippen LogP contribution in [-0.2, 0) is 9.30 Å². The number of nitrogens with one attached hydrogen (secondary N) is 1. The molecule has 20 heavy (non-hydrogen) atoms. The largest absolute Gasteiger partial charge is 0.390 e. The van der Waals surface area contributed by atoms with E-state index in [1.165, 1.54) is 13.1 Å². The average molecular weight is 306 g/mol. The second kappa shape index (κ2) is 5.27. The van der Waals surface area contributed by atoms with Crippen LogP contribution in [0, 0.1) is 6.92 Å². The third kappa shape index (κ3) is 3.25. The number of ether oxygens (including phenoxy) is 1. The third-order valence-electron chi connectivity index (χ3n) is 3.08. The highest BCUT2D eigenvalue weighted by Crippen LogP contribution is 2.40. The van der Waals surface area contributed by atoms with Crippen LogP contribution in [0.15, 0.2) is 15.8 Å². The minimum Gasteiger partial charge on any atom is -0.390 e. The molecule has 0 aromatic carbocycles. The maximum Gasteiger partial charge on any atom is 0.330 e. The quantitative estimate of drug-likeness (QED) is 0.507. The Hall–Kier alpha value is -1.25. The van der Waals surface area contributed by atoms with Crippen molar-refractivity contribution in [3.05, 3.63) is 32.6 Å². The SMILES string of the molecule is Cc1cn([C@H]2C[C@H](O)[C@@H](CP(=O)(O)O)O2)c(=O)[nH]c1=O. The molecular weight excluding hydrogens is 291 g/mol. The Labute approximate surface area is 113 Å². The van der Waals surface area contributed by atoms with Crippen LogP contribution < -0.4 is 11.2 Å². The van der Waals surface area contributed by atoms with Gasteiger partial charge < -0.3 is 19.6 Å². The number of aliphatic hydroxyl groups excluding tert-OH is 1. The van der Waals surface area contributed by atoms with Gasteiger partial charge in [-0.15, -0.1) is 0 Å². The maximum atomic E-state index is 11.7. The Morgan fingerprint density at radius 2 is 2.15 bits per heavy atom. The Bertz CT molecular complexity index is 660. The van der Waals surface area contributed by atoms with Crippen molar-refractivity contribution in [3.8, 4) is 0 Å². The number of aliphatic hydroxyl groups is 1. The number of rotatable bonds is 3. The lowest BCUT2D eigenvalue weighted by Gasteiger charge is -2.16. The zero-order valence-electron chi connectivity index (χ0n) is 10.6. The molecule has 112 valence electrons. The molecule has 2 rings (SSSR count). The van der Waals surface area contributed by atoms with Crippen LogP contribution >= 0.6 is 7.60 Å². The average Bonchev–Trinajstić information content (AvgIpc) is 2.63. The van der Waals surface area contributed by atoms with Gasteiger partial charge in [-0.3, -0.25) is 18.9 Å². The third-order valence-corrected chi connectivity index (χ3v) is 3.91. The van der Waals surface area contributed by atoms with E-state index in [0.717, 1.165) is 4.57 Å². The number of aromatic nitrogens is 2. The molecular formula is C10H15N2O7P. The second-order valence-corrected chi connectivity index (χ2v) is 6.45.